The predicted octanol–water partition coefficient (Wildman–Crippen LogP) is 16.8. The average molecular weight is 877 g/mol. The lowest BCUT2D eigenvalue weighted by Crippen LogP contribution is -2.17. The van der Waals surface area contributed by atoms with Crippen molar-refractivity contribution in [3.05, 3.63) is 167 Å². The molecule has 0 atom stereocenters. The van der Waals surface area contributed by atoms with Crippen molar-refractivity contribution in [2.75, 3.05) is 0 Å². The van der Waals surface area contributed by atoms with Gasteiger partial charge in [-0.1, -0.05) is 181 Å². The Balaban J connectivity index is 1.57. The third kappa shape index (κ3) is 9.06. The van der Waals surface area contributed by atoms with Crippen LogP contribution in [-0.2, 0) is 21.7 Å². The Morgan fingerprint density at radius 2 is 1.23 bits per heavy atom. The third-order valence-corrected chi connectivity index (χ3v) is 12.0. The molecule has 0 aliphatic carbocycles. The minimum Gasteiger partial charge on any atom is -0.507 e. The fraction of sp³-hybridized carbons (Fsp3) is 0.311. The number of fused-ring (bicyclic) bond motifs is 1. The second-order valence-corrected chi connectivity index (χ2v) is 19.3. The lowest BCUT2D eigenvalue weighted by atomic mass is 9.78. The van der Waals surface area contributed by atoms with Crippen LogP contribution in [0.2, 0.25) is 0 Å². The molecule has 1 N–H and O–H groups in total. The van der Waals surface area contributed by atoms with E-state index in [0.29, 0.717) is 34.1 Å². The van der Waals surface area contributed by atoms with Crippen LogP contribution < -0.4 is 0 Å². The summed E-state index contributed by atoms with van der Waals surface area (Å²) in [6.07, 6.45) is 1.70. The topological polar surface area (TPSA) is 50.9 Å². The van der Waals surface area contributed by atoms with Crippen molar-refractivity contribution in [2.45, 2.75) is 124 Å². The number of hydrogen-bond donors (Lipinski definition) is 1. The van der Waals surface area contributed by atoms with E-state index >= 15 is 0 Å². The highest BCUT2D eigenvalue weighted by molar-refractivity contribution is 5.97. The van der Waals surface area contributed by atoms with E-state index in [4.69, 9.17) is 36.0 Å². The number of nitrogens with zero attached hydrogens (tertiary/aromatic N) is 3. The van der Waals surface area contributed by atoms with Gasteiger partial charge in [0.2, 0.25) is 0 Å². The zero-order chi connectivity index (χ0) is 62.7. The van der Waals surface area contributed by atoms with E-state index in [-0.39, 0.29) is 11.0 Å². The van der Waals surface area contributed by atoms with E-state index in [1.165, 1.54) is 4.57 Å². The summed E-state index contributed by atoms with van der Waals surface area (Å²) in [5, 5.41) is 13.0. The van der Waals surface area contributed by atoms with Gasteiger partial charge in [-0.15, -0.1) is 0 Å². The van der Waals surface area contributed by atoms with Gasteiger partial charge in [0.05, 0.1) is 22.3 Å². The number of rotatable bonds is 7. The standard InChI is InChI=1S/C61H67N3O/c1-38(2)39-23-25-40(26-24-39)42-29-30-62-53(34-42)44-31-43(32-45(33-44)58(3,4)5)49-21-18-22-54-55(49)63-57(50-35-46(59(6,7)8)36-52(56(50)65)61(12,13)14)64(54)47-27-28-48(41-19-16-15-17-20-41)51(37-47)60(9,10)11/h15-38,65H,1-14H3/i6D3,7D3,8D3,12D3,13D3,14D3,38D. The van der Waals surface area contributed by atoms with Crippen LogP contribution in [-0.4, -0.2) is 19.6 Å². The number of hydrogen-bond acceptors (Lipinski definition) is 3. The highest BCUT2D eigenvalue weighted by Crippen LogP contribution is 2.46. The summed E-state index contributed by atoms with van der Waals surface area (Å²) in [7, 11) is 0. The first-order chi connectivity index (χ1) is 38.3. The Kier molecular flexibility index (Phi) is 6.98. The molecule has 332 valence electrons. The van der Waals surface area contributed by atoms with Crippen molar-refractivity contribution in [3.8, 4) is 67.5 Å². The summed E-state index contributed by atoms with van der Waals surface area (Å²) >= 11 is 0. The van der Waals surface area contributed by atoms with E-state index in [9.17, 15) is 5.11 Å². The molecule has 8 aromatic rings. The first kappa shape index (κ1) is 27.3. The van der Waals surface area contributed by atoms with Crippen molar-refractivity contribution < 1.29 is 31.2 Å². The highest BCUT2D eigenvalue weighted by Gasteiger charge is 2.30. The molecule has 0 saturated heterocycles. The maximum absolute atomic E-state index is 13.0. The zero-order valence-electron chi connectivity index (χ0n) is 57.1. The van der Waals surface area contributed by atoms with Gasteiger partial charge in [0, 0.05) is 54.6 Å². The number of pyridine rings is 1. The quantitative estimate of drug-likeness (QED) is 0.174. The molecule has 0 unspecified atom stereocenters. The summed E-state index contributed by atoms with van der Waals surface area (Å²) in [4.78, 5) is 10.0. The van der Waals surface area contributed by atoms with Gasteiger partial charge in [0.25, 0.3) is 0 Å². The number of benzene rings is 6. The Bertz CT molecular complexity index is 3700. The van der Waals surface area contributed by atoms with Gasteiger partial charge in [-0.3, -0.25) is 9.55 Å². The van der Waals surface area contributed by atoms with E-state index in [1.807, 2.05) is 152 Å². The normalized spacial score (nSPS) is 18.3. The molecule has 0 saturated carbocycles. The van der Waals surface area contributed by atoms with E-state index in [2.05, 4.69) is 0 Å². The van der Waals surface area contributed by atoms with Gasteiger partial charge in [0.1, 0.15) is 11.6 Å². The molecule has 2 heterocycles. The van der Waals surface area contributed by atoms with Crippen LogP contribution in [0.1, 0.15) is 156 Å². The molecule has 2 aromatic heterocycles. The summed E-state index contributed by atoms with van der Waals surface area (Å²) in [6.45, 7) is -8.82. The smallest absolute Gasteiger partial charge is 0.149 e. The summed E-state index contributed by atoms with van der Waals surface area (Å²) in [5.74, 6) is -2.57. The fourth-order valence-electron chi connectivity index (χ4n) is 8.37. The molecule has 4 nitrogen and oxygen atoms in total. The van der Waals surface area contributed by atoms with Crippen molar-refractivity contribution in [3.63, 3.8) is 0 Å². The molecule has 0 fully saturated rings. The first-order valence-electron chi connectivity index (χ1n) is 31.1. The second kappa shape index (κ2) is 16.6. The van der Waals surface area contributed by atoms with E-state index in [1.54, 1.807) is 30.5 Å². The molecule has 0 aliphatic rings. The minimum absolute atomic E-state index is 0.182. The zero-order valence-corrected chi connectivity index (χ0v) is 38.1. The Morgan fingerprint density at radius 1 is 0.538 bits per heavy atom. The van der Waals surface area contributed by atoms with Crippen LogP contribution >= 0.6 is 0 Å². The van der Waals surface area contributed by atoms with Crippen molar-refractivity contribution in [1.82, 2.24) is 14.5 Å². The maximum atomic E-state index is 13.0. The van der Waals surface area contributed by atoms with Crippen LogP contribution in [0.15, 0.2) is 140 Å². The van der Waals surface area contributed by atoms with E-state index < -0.39 is 96.9 Å². The van der Waals surface area contributed by atoms with Gasteiger partial charge < -0.3 is 5.11 Å². The first-order valence-corrected chi connectivity index (χ1v) is 21.6. The number of aromatic hydroxyl groups is 1. The lowest BCUT2D eigenvalue weighted by Gasteiger charge is -2.28. The lowest BCUT2D eigenvalue weighted by molar-refractivity contribution is 0.446. The molecule has 4 heteroatoms. The molecule has 0 amide bonds. The maximum Gasteiger partial charge on any atom is 0.149 e. The van der Waals surface area contributed by atoms with Gasteiger partial charge in [0.15, 0.2) is 0 Å². The number of phenolic OH excluding ortho intramolecular Hbond substituents is 1. The third-order valence-electron chi connectivity index (χ3n) is 12.0. The van der Waals surface area contributed by atoms with Crippen LogP contribution in [0.4, 0.5) is 0 Å². The van der Waals surface area contributed by atoms with Crippen LogP contribution in [0.5, 0.6) is 5.75 Å². The molecule has 65 heavy (non-hydrogen) atoms. The monoisotopic (exact) mass is 877 g/mol. The van der Waals surface area contributed by atoms with Crippen molar-refractivity contribution in [1.29, 1.82) is 0 Å². The van der Waals surface area contributed by atoms with Crippen LogP contribution in [0, 0.1) is 0 Å². The van der Waals surface area contributed by atoms with Gasteiger partial charge in [-0.2, -0.15) is 0 Å². The molecule has 6 aromatic carbocycles. The number of phenols is 1. The molecule has 8 rings (SSSR count). The molecule has 0 aliphatic heterocycles. The summed E-state index contributed by atoms with van der Waals surface area (Å²) in [6, 6.07) is 38.7. The van der Waals surface area contributed by atoms with Gasteiger partial charge in [-0.05, 0) is 126 Å². The Labute approximate surface area is 415 Å². The second-order valence-electron chi connectivity index (χ2n) is 19.3. The van der Waals surface area contributed by atoms with Gasteiger partial charge >= 0.3 is 0 Å². The minimum atomic E-state index is -4.14. The summed E-state index contributed by atoms with van der Waals surface area (Å²) < 4.78 is 168. The highest BCUT2D eigenvalue weighted by atomic mass is 16.3. The molecular formula is C61H67N3O. The fourth-order valence-corrected chi connectivity index (χ4v) is 8.37. The number of imidazole rings is 1. The molecule has 0 bridgehead atoms. The average Bonchev–Trinajstić information content (AvgIpc) is 0.834. The van der Waals surface area contributed by atoms with Gasteiger partial charge in [-0.25, -0.2) is 4.98 Å². The van der Waals surface area contributed by atoms with Crippen molar-refractivity contribution in [2.24, 2.45) is 0 Å². The van der Waals surface area contributed by atoms with E-state index in [0.717, 1.165) is 45.0 Å². The Morgan fingerprint density at radius 3 is 1.89 bits per heavy atom. The SMILES string of the molecule is [2H]C(C)(C)c1ccc(-c2ccnc(-c3cc(-c4cccc5c4nc(-c4cc(C(C([2H])([2H])[2H])(C([2H])([2H])[2H])C([2H])([2H])[2H])cc(C(C([2H])([2H])[2H])(C([2H])([2H])[2H])C([2H])([2H])[2H])c4O)n5-c4ccc(-c5ccccc5)c(C(C)(C)C)c4)cc(C(C)(C)C)c3)c2)cc1. The Hall–Kier alpha value is -6.26. The van der Waals surface area contributed by atoms with Crippen molar-refractivity contribution >= 4 is 11.0 Å². The predicted molar refractivity (Wildman–Crippen MR) is 277 cm³/mol. The number of aromatic nitrogens is 3. The van der Waals surface area contributed by atoms with Crippen LogP contribution in [0.3, 0.4) is 0 Å². The van der Waals surface area contributed by atoms with Crippen LogP contribution in [0.25, 0.3) is 72.7 Å². The molecular weight excluding hydrogens is 791 g/mol. The molecule has 0 spiro atoms. The molecule has 0 radical (unpaired) electrons. The summed E-state index contributed by atoms with van der Waals surface area (Å²) in [5.41, 5.74) is -3.64. The number of para-hydroxylation sites is 1. The largest absolute Gasteiger partial charge is 0.507 e.